The van der Waals surface area contributed by atoms with Gasteiger partial charge in [0.2, 0.25) is 12.6 Å². The number of carbonyl (C=O) groups excluding carboxylic acids is 1. The zero-order valence-corrected chi connectivity index (χ0v) is 11.3. The molecule has 21 heavy (non-hydrogen) atoms. The summed E-state index contributed by atoms with van der Waals surface area (Å²) in [6, 6.07) is 7.37. The maximum absolute atomic E-state index is 11.4. The zero-order valence-electron chi connectivity index (χ0n) is 11.3. The number of fused-ring (bicyclic) bond motifs is 1. The second-order valence-corrected chi connectivity index (χ2v) is 4.30. The highest BCUT2D eigenvalue weighted by atomic mass is 16.7. The lowest BCUT2D eigenvalue weighted by molar-refractivity contribution is 0.0587. The molecule has 1 aromatic carbocycles. The molecule has 0 saturated heterocycles. The first-order valence-corrected chi connectivity index (χ1v) is 6.30. The number of aromatic nitrogens is 2. The molecule has 0 atom stereocenters. The number of ether oxygens (including phenoxy) is 3. The molecule has 0 bridgehead atoms. The molecular weight excluding hydrogens is 274 g/mol. The molecule has 0 aliphatic carbocycles. The second-order valence-electron chi connectivity index (χ2n) is 4.30. The summed E-state index contributed by atoms with van der Waals surface area (Å²) < 4.78 is 15.2. The van der Waals surface area contributed by atoms with Crippen molar-refractivity contribution in [3.63, 3.8) is 0 Å². The highest BCUT2D eigenvalue weighted by molar-refractivity contribution is 5.85. The number of nitrogens with zero attached hydrogens (tertiary/aromatic N) is 2. The van der Waals surface area contributed by atoms with Gasteiger partial charge in [0.25, 0.3) is 0 Å². The second kappa shape index (κ2) is 5.66. The van der Waals surface area contributed by atoms with E-state index in [0.29, 0.717) is 12.4 Å². The average Bonchev–Trinajstić information content (AvgIpc) is 3.00. The molecular formula is C14H13N3O4. The SMILES string of the molecule is COC(=O)c1nccc(NCc2ccc3c(c2)OCO3)n1. The third-order valence-electron chi connectivity index (χ3n) is 2.93. The van der Waals surface area contributed by atoms with E-state index >= 15 is 0 Å². The molecule has 0 fully saturated rings. The summed E-state index contributed by atoms with van der Waals surface area (Å²) in [7, 11) is 1.29. The fourth-order valence-corrected chi connectivity index (χ4v) is 1.89. The molecule has 0 amide bonds. The van der Waals surface area contributed by atoms with Gasteiger partial charge in [-0.2, -0.15) is 0 Å². The van der Waals surface area contributed by atoms with Gasteiger partial charge in [-0.25, -0.2) is 14.8 Å². The molecule has 2 aromatic rings. The van der Waals surface area contributed by atoms with E-state index in [1.807, 2.05) is 18.2 Å². The number of methoxy groups -OCH3 is 1. The van der Waals surface area contributed by atoms with Crippen molar-refractivity contribution in [2.45, 2.75) is 6.54 Å². The average molecular weight is 287 g/mol. The number of hydrogen-bond donors (Lipinski definition) is 1. The number of carbonyl (C=O) groups is 1. The Hall–Kier alpha value is -2.83. The number of hydrogen-bond acceptors (Lipinski definition) is 7. The van der Waals surface area contributed by atoms with Gasteiger partial charge in [-0.05, 0) is 23.8 Å². The predicted molar refractivity (Wildman–Crippen MR) is 73.3 cm³/mol. The highest BCUT2D eigenvalue weighted by Crippen LogP contribution is 2.32. The smallest absolute Gasteiger partial charge is 0.376 e. The van der Waals surface area contributed by atoms with Gasteiger partial charge in [-0.3, -0.25) is 0 Å². The standard InChI is InChI=1S/C14H13N3O4/c1-19-14(18)13-15-5-4-12(17-13)16-7-9-2-3-10-11(6-9)21-8-20-10/h2-6H,7-8H2,1H3,(H,15,16,17). The third kappa shape index (κ3) is 2.86. The van der Waals surface area contributed by atoms with Crippen LogP contribution in [0.5, 0.6) is 11.5 Å². The van der Waals surface area contributed by atoms with Crippen molar-refractivity contribution in [2.75, 3.05) is 19.2 Å². The van der Waals surface area contributed by atoms with Gasteiger partial charge in [0.05, 0.1) is 7.11 Å². The molecule has 0 radical (unpaired) electrons. The van der Waals surface area contributed by atoms with E-state index in [1.165, 1.54) is 13.3 Å². The Morgan fingerprint density at radius 3 is 3.05 bits per heavy atom. The van der Waals surface area contributed by atoms with E-state index in [2.05, 4.69) is 20.0 Å². The van der Waals surface area contributed by atoms with Crippen LogP contribution in [0.25, 0.3) is 0 Å². The zero-order chi connectivity index (χ0) is 14.7. The summed E-state index contributed by atoms with van der Waals surface area (Å²) in [5.74, 6) is 1.47. The van der Waals surface area contributed by atoms with Gasteiger partial charge in [-0.1, -0.05) is 6.07 Å². The molecule has 1 aliphatic heterocycles. The normalized spacial score (nSPS) is 12.0. The lowest BCUT2D eigenvalue weighted by Crippen LogP contribution is -2.09. The van der Waals surface area contributed by atoms with E-state index in [0.717, 1.165) is 17.1 Å². The number of nitrogens with one attached hydrogen (secondary N) is 1. The van der Waals surface area contributed by atoms with Crippen LogP contribution < -0.4 is 14.8 Å². The molecule has 7 nitrogen and oxygen atoms in total. The topological polar surface area (TPSA) is 82.6 Å². The third-order valence-corrected chi connectivity index (χ3v) is 2.93. The molecule has 1 aromatic heterocycles. The van der Waals surface area contributed by atoms with Crippen molar-refractivity contribution < 1.29 is 19.0 Å². The van der Waals surface area contributed by atoms with Crippen LogP contribution >= 0.6 is 0 Å². The first-order chi connectivity index (χ1) is 10.3. The van der Waals surface area contributed by atoms with Crippen LogP contribution in [0.3, 0.4) is 0 Å². The van der Waals surface area contributed by atoms with E-state index in [-0.39, 0.29) is 12.6 Å². The fraction of sp³-hybridized carbons (Fsp3) is 0.214. The maximum atomic E-state index is 11.4. The van der Waals surface area contributed by atoms with Gasteiger partial charge in [-0.15, -0.1) is 0 Å². The number of rotatable bonds is 4. The summed E-state index contributed by atoms with van der Waals surface area (Å²) >= 11 is 0. The number of benzene rings is 1. The quantitative estimate of drug-likeness (QED) is 0.855. The van der Waals surface area contributed by atoms with Crippen LogP contribution in [0.4, 0.5) is 5.82 Å². The van der Waals surface area contributed by atoms with Gasteiger partial charge in [0.1, 0.15) is 5.82 Å². The van der Waals surface area contributed by atoms with E-state index < -0.39 is 5.97 Å². The summed E-state index contributed by atoms with van der Waals surface area (Å²) in [6.45, 7) is 0.787. The molecule has 2 heterocycles. The Labute approximate surface area is 120 Å². The number of esters is 1. The minimum atomic E-state index is -0.568. The summed E-state index contributed by atoms with van der Waals surface area (Å²) in [5, 5.41) is 3.12. The molecule has 1 aliphatic rings. The number of anilines is 1. The van der Waals surface area contributed by atoms with E-state index in [4.69, 9.17) is 9.47 Å². The monoisotopic (exact) mass is 287 g/mol. The minimum absolute atomic E-state index is 0.0215. The van der Waals surface area contributed by atoms with Gasteiger partial charge < -0.3 is 19.5 Å². The fourth-order valence-electron chi connectivity index (χ4n) is 1.89. The Bertz CT molecular complexity index is 675. The largest absolute Gasteiger partial charge is 0.463 e. The van der Waals surface area contributed by atoms with Crippen LogP contribution in [-0.4, -0.2) is 29.8 Å². The van der Waals surface area contributed by atoms with Crippen molar-refractivity contribution in [1.82, 2.24) is 9.97 Å². The molecule has 3 rings (SSSR count). The maximum Gasteiger partial charge on any atom is 0.376 e. The molecule has 7 heteroatoms. The first-order valence-electron chi connectivity index (χ1n) is 6.30. The Kier molecular flexibility index (Phi) is 3.55. The van der Waals surface area contributed by atoms with Crippen molar-refractivity contribution in [3.05, 3.63) is 41.9 Å². The lowest BCUT2D eigenvalue weighted by Gasteiger charge is -2.07. The van der Waals surface area contributed by atoms with Crippen LogP contribution in [0, 0.1) is 0 Å². The Morgan fingerprint density at radius 1 is 1.33 bits per heavy atom. The predicted octanol–water partition coefficient (Wildman–Crippen LogP) is 1.60. The van der Waals surface area contributed by atoms with Crippen molar-refractivity contribution >= 4 is 11.8 Å². The summed E-state index contributed by atoms with van der Waals surface area (Å²) in [6.07, 6.45) is 1.50. The molecule has 1 N–H and O–H groups in total. The van der Waals surface area contributed by atoms with Crippen molar-refractivity contribution in [3.8, 4) is 11.5 Å². The summed E-state index contributed by atoms with van der Waals surface area (Å²) in [4.78, 5) is 19.3. The van der Waals surface area contributed by atoms with Crippen molar-refractivity contribution in [2.24, 2.45) is 0 Å². The Morgan fingerprint density at radius 2 is 2.19 bits per heavy atom. The Balaban J connectivity index is 1.69. The van der Waals surface area contributed by atoms with Gasteiger partial charge >= 0.3 is 5.97 Å². The van der Waals surface area contributed by atoms with E-state index in [9.17, 15) is 4.79 Å². The van der Waals surface area contributed by atoms with Crippen LogP contribution in [0.15, 0.2) is 30.5 Å². The molecule has 0 spiro atoms. The summed E-state index contributed by atoms with van der Waals surface area (Å²) in [5.41, 5.74) is 1.01. The highest BCUT2D eigenvalue weighted by Gasteiger charge is 2.13. The van der Waals surface area contributed by atoms with E-state index in [1.54, 1.807) is 6.07 Å². The van der Waals surface area contributed by atoms with Crippen LogP contribution in [0.2, 0.25) is 0 Å². The van der Waals surface area contributed by atoms with Crippen molar-refractivity contribution in [1.29, 1.82) is 0 Å². The lowest BCUT2D eigenvalue weighted by atomic mass is 10.2. The first kappa shape index (κ1) is 13.2. The molecule has 0 saturated carbocycles. The molecule has 0 unspecified atom stereocenters. The molecule has 108 valence electrons. The minimum Gasteiger partial charge on any atom is -0.463 e. The van der Waals surface area contributed by atoms with Crippen LogP contribution in [-0.2, 0) is 11.3 Å². The van der Waals surface area contributed by atoms with Gasteiger partial charge in [0, 0.05) is 12.7 Å². The van der Waals surface area contributed by atoms with Gasteiger partial charge in [0.15, 0.2) is 11.5 Å². The van der Waals surface area contributed by atoms with Crippen LogP contribution in [0.1, 0.15) is 16.2 Å².